The monoisotopic (exact) mass is 273 g/mol. The van der Waals surface area contributed by atoms with Crippen molar-refractivity contribution in [1.29, 1.82) is 0 Å². The highest BCUT2D eigenvalue weighted by Crippen LogP contribution is 2.12. The lowest BCUT2D eigenvalue weighted by Gasteiger charge is -2.08. The standard InChI is InChI=1S/C16H16FNO2/c1-11-3-2-4-14(15(11)17)16(20)18-9-12-5-7-13(10-19)8-6-12/h2-8,19H,9-10H2,1H3,(H,18,20). The van der Waals surface area contributed by atoms with Crippen molar-refractivity contribution in [3.8, 4) is 0 Å². The predicted octanol–water partition coefficient (Wildman–Crippen LogP) is 2.56. The molecule has 0 aliphatic carbocycles. The number of rotatable bonds is 4. The van der Waals surface area contributed by atoms with Crippen LogP contribution in [-0.4, -0.2) is 11.0 Å². The third-order valence-electron chi connectivity index (χ3n) is 3.10. The molecule has 0 bridgehead atoms. The van der Waals surface area contributed by atoms with Crippen molar-refractivity contribution < 1.29 is 14.3 Å². The minimum Gasteiger partial charge on any atom is -0.392 e. The van der Waals surface area contributed by atoms with Gasteiger partial charge in [0.25, 0.3) is 5.91 Å². The first kappa shape index (κ1) is 14.2. The molecule has 0 aromatic heterocycles. The average molecular weight is 273 g/mol. The van der Waals surface area contributed by atoms with Crippen LogP contribution in [0.4, 0.5) is 4.39 Å². The van der Waals surface area contributed by atoms with Crippen molar-refractivity contribution >= 4 is 5.91 Å². The van der Waals surface area contributed by atoms with Gasteiger partial charge in [-0.2, -0.15) is 0 Å². The van der Waals surface area contributed by atoms with Gasteiger partial charge in [-0.1, -0.05) is 36.4 Å². The van der Waals surface area contributed by atoms with E-state index in [9.17, 15) is 9.18 Å². The minimum atomic E-state index is -0.486. The fourth-order valence-corrected chi connectivity index (χ4v) is 1.86. The van der Waals surface area contributed by atoms with E-state index in [-0.39, 0.29) is 12.2 Å². The number of hydrogen-bond acceptors (Lipinski definition) is 2. The highest BCUT2D eigenvalue weighted by atomic mass is 19.1. The Morgan fingerprint density at radius 2 is 1.80 bits per heavy atom. The van der Waals surface area contributed by atoms with Gasteiger partial charge in [0, 0.05) is 6.54 Å². The van der Waals surface area contributed by atoms with Gasteiger partial charge in [0.15, 0.2) is 0 Å². The molecule has 0 saturated carbocycles. The molecular weight excluding hydrogens is 257 g/mol. The summed E-state index contributed by atoms with van der Waals surface area (Å²) in [5.41, 5.74) is 2.20. The third kappa shape index (κ3) is 3.22. The number of carbonyl (C=O) groups is 1. The van der Waals surface area contributed by atoms with Gasteiger partial charge >= 0.3 is 0 Å². The van der Waals surface area contributed by atoms with Crippen LogP contribution in [0.1, 0.15) is 27.0 Å². The zero-order valence-corrected chi connectivity index (χ0v) is 11.2. The molecule has 2 aromatic carbocycles. The van der Waals surface area contributed by atoms with E-state index in [1.165, 1.54) is 6.07 Å². The number of aryl methyl sites for hydroxylation is 1. The van der Waals surface area contributed by atoms with E-state index in [0.717, 1.165) is 11.1 Å². The average Bonchev–Trinajstić information content (AvgIpc) is 2.48. The predicted molar refractivity (Wildman–Crippen MR) is 74.7 cm³/mol. The van der Waals surface area contributed by atoms with E-state index in [1.807, 2.05) is 12.1 Å². The number of nitrogens with one attached hydrogen (secondary N) is 1. The van der Waals surface area contributed by atoms with Gasteiger partial charge in [-0.15, -0.1) is 0 Å². The van der Waals surface area contributed by atoms with Crippen LogP contribution in [0.25, 0.3) is 0 Å². The second kappa shape index (κ2) is 6.30. The van der Waals surface area contributed by atoms with E-state index in [2.05, 4.69) is 5.32 Å². The second-order valence-corrected chi connectivity index (χ2v) is 4.59. The van der Waals surface area contributed by atoms with Crippen LogP contribution in [0, 0.1) is 12.7 Å². The molecule has 0 heterocycles. The normalized spacial score (nSPS) is 10.3. The zero-order valence-electron chi connectivity index (χ0n) is 11.2. The summed E-state index contributed by atoms with van der Waals surface area (Å²) in [6, 6.07) is 12.0. The Balaban J connectivity index is 2.02. The lowest BCUT2D eigenvalue weighted by molar-refractivity contribution is 0.0946. The van der Waals surface area contributed by atoms with E-state index in [4.69, 9.17) is 5.11 Å². The van der Waals surface area contributed by atoms with Crippen molar-refractivity contribution in [2.75, 3.05) is 0 Å². The van der Waals surface area contributed by atoms with E-state index in [1.54, 1.807) is 31.2 Å². The first-order valence-corrected chi connectivity index (χ1v) is 6.34. The Kier molecular flexibility index (Phi) is 4.48. The highest BCUT2D eigenvalue weighted by Gasteiger charge is 2.12. The summed E-state index contributed by atoms with van der Waals surface area (Å²) in [7, 11) is 0. The molecule has 0 aliphatic rings. The molecule has 0 aliphatic heterocycles. The SMILES string of the molecule is Cc1cccc(C(=O)NCc2ccc(CO)cc2)c1F. The van der Waals surface area contributed by atoms with Gasteiger partial charge in [-0.3, -0.25) is 4.79 Å². The molecular formula is C16H16FNO2. The minimum absolute atomic E-state index is 0.0128. The van der Waals surface area contributed by atoms with Crippen LogP contribution in [0.3, 0.4) is 0 Å². The van der Waals surface area contributed by atoms with Crippen LogP contribution in [0.2, 0.25) is 0 Å². The lowest BCUT2D eigenvalue weighted by atomic mass is 10.1. The van der Waals surface area contributed by atoms with Crippen molar-refractivity contribution in [2.45, 2.75) is 20.1 Å². The first-order chi connectivity index (χ1) is 9.61. The molecule has 3 nitrogen and oxygen atoms in total. The van der Waals surface area contributed by atoms with Gasteiger partial charge in [-0.25, -0.2) is 4.39 Å². The molecule has 0 fully saturated rings. The van der Waals surface area contributed by atoms with Gasteiger partial charge < -0.3 is 10.4 Å². The summed E-state index contributed by atoms with van der Waals surface area (Å²) in [6.07, 6.45) is 0. The number of aliphatic hydroxyl groups is 1. The smallest absolute Gasteiger partial charge is 0.254 e. The number of aliphatic hydroxyl groups excluding tert-OH is 1. The molecule has 2 N–H and O–H groups in total. The van der Waals surface area contributed by atoms with E-state index in [0.29, 0.717) is 12.1 Å². The van der Waals surface area contributed by atoms with Crippen molar-refractivity contribution in [2.24, 2.45) is 0 Å². The van der Waals surface area contributed by atoms with Crippen LogP contribution in [0.15, 0.2) is 42.5 Å². The molecule has 0 radical (unpaired) electrons. The fourth-order valence-electron chi connectivity index (χ4n) is 1.86. The Bertz CT molecular complexity index is 608. The molecule has 1 amide bonds. The quantitative estimate of drug-likeness (QED) is 0.899. The number of carbonyl (C=O) groups excluding carboxylic acids is 1. The lowest BCUT2D eigenvalue weighted by Crippen LogP contribution is -2.24. The maximum atomic E-state index is 13.8. The Morgan fingerprint density at radius 1 is 1.15 bits per heavy atom. The van der Waals surface area contributed by atoms with E-state index < -0.39 is 11.7 Å². The zero-order chi connectivity index (χ0) is 14.5. The van der Waals surface area contributed by atoms with E-state index >= 15 is 0 Å². The summed E-state index contributed by atoms with van der Waals surface area (Å²) < 4.78 is 13.8. The van der Waals surface area contributed by atoms with Crippen molar-refractivity contribution in [3.05, 3.63) is 70.5 Å². The number of benzene rings is 2. The first-order valence-electron chi connectivity index (χ1n) is 6.34. The Hall–Kier alpha value is -2.20. The van der Waals surface area contributed by atoms with Gasteiger partial charge in [0.05, 0.1) is 12.2 Å². The molecule has 20 heavy (non-hydrogen) atoms. The molecule has 4 heteroatoms. The van der Waals surface area contributed by atoms with Crippen LogP contribution in [-0.2, 0) is 13.2 Å². The van der Waals surface area contributed by atoms with Crippen LogP contribution >= 0.6 is 0 Å². The Labute approximate surface area is 117 Å². The number of amides is 1. The number of halogens is 1. The van der Waals surface area contributed by atoms with Crippen molar-refractivity contribution in [3.63, 3.8) is 0 Å². The summed E-state index contributed by atoms with van der Waals surface area (Å²) in [5, 5.41) is 11.6. The van der Waals surface area contributed by atoms with Gasteiger partial charge in [0.1, 0.15) is 5.82 Å². The number of hydrogen-bond donors (Lipinski definition) is 2. The summed E-state index contributed by atoms with van der Waals surface area (Å²) in [6.45, 7) is 1.93. The molecule has 0 unspecified atom stereocenters. The largest absolute Gasteiger partial charge is 0.392 e. The molecule has 2 aromatic rings. The molecule has 0 spiro atoms. The van der Waals surface area contributed by atoms with Gasteiger partial charge in [-0.05, 0) is 29.7 Å². The third-order valence-corrected chi connectivity index (χ3v) is 3.10. The summed E-state index contributed by atoms with van der Waals surface area (Å²) in [5.74, 6) is -0.918. The molecule has 0 saturated heterocycles. The molecule has 0 atom stereocenters. The van der Waals surface area contributed by atoms with Crippen molar-refractivity contribution in [1.82, 2.24) is 5.32 Å². The molecule has 2 rings (SSSR count). The van der Waals surface area contributed by atoms with Crippen LogP contribution in [0.5, 0.6) is 0 Å². The fraction of sp³-hybridized carbons (Fsp3) is 0.188. The highest BCUT2D eigenvalue weighted by molar-refractivity contribution is 5.94. The second-order valence-electron chi connectivity index (χ2n) is 4.59. The Morgan fingerprint density at radius 3 is 2.45 bits per heavy atom. The maximum absolute atomic E-state index is 13.8. The summed E-state index contributed by atoms with van der Waals surface area (Å²) in [4.78, 5) is 11.9. The van der Waals surface area contributed by atoms with Crippen LogP contribution < -0.4 is 5.32 Å². The summed E-state index contributed by atoms with van der Waals surface area (Å²) >= 11 is 0. The molecule has 104 valence electrons. The maximum Gasteiger partial charge on any atom is 0.254 e. The topological polar surface area (TPSA) is 49.3 Å². The van der Waals surface area contributed by atoms with Gasteiger partial charge in [0.2, 0.25) is 0 Å².